The predicted octanol–water partition coefficient (Wildman–Crippen LogP) is 3.43. The van der Waals surface area contributed by atoms with Crippen molar-refractivity contribution in [3.63, 3.8) is 0 Å². The van der Waals surface area contributed by atoms with E-state index in [0.29, 0.717) is 12.5 Å². The molecule has 3 aromatic rings. The van der Waals surface area contributed by atoms with E-state index in [4.69, 9.17) is 4.74 Å². The fraction of sp³-hybridized carbons (Fsp3) is 0.353. The maximum atomic E-state index is 5.41. The van der Waals surface area contributed by atoms with E-state index in [2.05, 4.69) is 36.8 Å². The molecular formula is C17H19N5OS. The van der Waals surface area contributed by atoms with Gasteiger partial charge in [0, 0.05) is 55.2 Å². The molecule has 0 unspecified atom stereocenters. The summed E-state index contributed by atoms with van der Waals surface area (Å²) in [6, 6.07) is 8.24. The number of ether oxygens (including phenoxy) is 1. The van der Waals surface area contributed by atoms with Gasteiger partial charge in [-0.15, -0.1) is 0 Å². The third kappa shape index (κ3) is 3.32. The lowest BCUT2D eigenvalue weighted by atomic mass is 10.00. The molecule has 0 spiro atoms. The minimum atomic E-state index is 0.431. The van der Waals surface area contributed by atoms with Crippen LogP contribution in [0.4, 0.5) is 5.13 Å². The maximum Gasteiger partial charge on any atom is 0.202 e. The number of hydrogen-bond acceptors (Lipinski definition) is 6. The van der Waals surface area contributed by atoms with Gasteiger partial charge >= 0.3 is 0 Å². The lowest BCUT2D eigenvalue weighted by molar-refractivity contribution is 0.0838. The quantitative estimate of drug-likeness (QED) is 0.743. The Morgan fingerprint density at radius 1 is 1.25 bits per heavy atom. The Kier molecular flexibility index (Phi) is 4.53. The highest BCUT2D eigenvalue weighted by molar-refractivity contribution is 7.09. The second-order valence-electron chi connectivity index (χ2n) is 5.79. The minimum Gasteiger partial charge on any atom is -0.381 e. The van der Waals surface area contributed by atoms with Gasteiger partial charge in [-0.05, 0) is 18.4 Å². The smallest absolute Gasteiger partial charge is 0.202 e. The molecule has 1 aliphatic heterocycles. The highest BCUT2D eigenvalue weighted by Gasteiger charge is 2.20. The molecular weight excluding hydrogens is 322 g/mol. The van der Waals surface area contributed by atoms with Crippen molar-refractivity contribution in [1.82, 2.24) is 19.3 Å². The summed E-state index contributed by atoms with van der Waals surface area (Å²) in [5, 5.41) is 4.26. The first kappa shape index (κ1) is 15.3. The number of benzene rings is 1. The molecule has 1 fully saturated rings. The molecule has 1 aliphatic rings. The summed E-state index contributed by atoms with van der Waals surface area (Å²) in [6.45, 7) is 2.31. The highest BCUT2D eigenvalue weighted by atomic mass is 32.1. The van der Waals surface area contributed by atoms with Gasteiger partial charge < -0.3 is 15.0 Å². The van der Waals surface area contributed by atoms with Crippen molar-refractivity contribution >= 4 is 16.7 Å². The van der Waals surface area contributed by atoms with Crippen molar-refractivity contribution in [2.45, 2.75) is 25.3 Å². The van der Waals surface area contributed by atoms with Crippen LogP contribution in [0.1, 0.15) is 30.1 Å². The van der Waals surface area contributed by atoms with Crippen LogP contribution in [0, 0.1) is 0 Å². The molecule has 0 amide bonds. The predicted molar refractivity (Wildman–Crippen MR) is 94.1 cm³/mol. The molecule has 0 bridgehead atoms. The van der Waals surface area contributed by atoms with Gasteiger partial charge in [0.15, 0.2) is 0 Å². The van der Waals surface area contributed by atoms with Crippen LogP contribution in [0.5, 0.6) is 0 Å². The Labute approximate surface area is 144 Å². The van der Waals surface area contributed by atoms with Gasteiger partial charge in [0.25, 0.3) is 0 Å². The monoisotopic (exact) mass is 341 g/mol. The van der Waals surface area contributed by atoms with E-state index >= 15 is 0 Å². The summed E-state index contributed by atoms with van der Waals surface area (Å²) in [7, 11) is 0. The van der Waals surface area contributed by atoms with Crippen LogP contribution in [0.15, 0.2) is 36.7 Å². The Hall–Kier alpha value is -2.25. The molecule has 3 heterocycles. The van der Waals surface area contributed by atoms with E-state index in [1.165, 1.54) is 17.1 Å². The zero-order chi connectivity index (χ0) is 16.2. The molecule has 4 rings (SSSR count). The minimum absolute atomic E-state index is 0.431. The van der Waals surface area contributed by atoms with Crippen molar-refractivity contribution in [2.75, 3.05) is 18.5 Å². The average molecular weight is 341 g/mol. The van der Waals surface area contributed by atoms with E-state index in [1.807, 2.05) is 18.3 Å². The SMILES string of the molecule is c1ccc(-c2ncc[nH]2)c(CNc2nc(C3CCOCC3)ns2)c1. The summed E-state index contributed by atoms with van der Waals surface area (Å²) in [5.41, 5.74) is 2.28. The van der Waals surface area contributed by atoms with Crippen LogP contribution < -0.4 is 5.32 Å². The second-order valence-corrected chi connectivity index (χ2v) is 6.54. The highest BCUT2D eigenvalue weighted by Crippen LogP contribution is 2.27. The largest absolute Gasteiger partial charge is 0.381 e. The van der Waals surface area contributed by atoms with Gasteiger partial charge in [-0.3, -0.25) is 0 Å². The number of aromatic amines is 1. The lowest BCUT2D eigenvalue weighted by Gasteiger charge is -2.18. The fourth-order valence-corrected chi connectivity index (χ4v) is 3.56. The lowest BCUT2D eigenvalue weighted by Crippen LogP contribution is -2.15. The first-order chi connectivity index (χ1) is 11.9. The van der Waals surface area contributed by atoms with Crippen molar-refractivity contribution in [3.05, 3.63) is 48.0 Å². The van der Waals surface area contributed by atoms with Crippen LogP contribution in [-0.2, 0) is 11.3 Å². The van der Waals surface area contributed by atoms with E-state index < -0.39 is 0 Å². The first-order valence-corrected chi connectivity index (χ1v) is 8.90. The number of hydrogen-bond donors (Lipinski definition) is 2. The topological polar surface area (TPSA) is 75.7 Å². The van der Waals surface area contributed by atoms with Gasteiger partial charge in [0.05, 0.1) is 0 Å². The van der Waals surface area contributed by atoms with Crippen LogP contribution in [0.2, 0.25) is 0 Å². The standard InChI is InChI=1S/C17H19N5OS/c1-2-4-14(16-18-7-8-19-16)13(3-1)11-20-17-21-15(22-24-17)12-5-9-23-10-6-12/h1-4,7-8,12H,5-6,9-11H2,(H,18,19)(H,20,21,22). The normalized spacial score (nSPS) is 15.5. The molecule has 2 N–H and O–H groups in total. The summed E-state index contributed by atoms with van der Waals surface area (Å²) in [5.74, 6) is 2.26. The molecule has 1 aromatic carbocycles. The summed E-state index contributed by atoms with van der Waals surface area (Å²) >= 11 is 1.43. The van der Waals surface area contributed by atoms with Crippen molar-refractivity contribution in [3.8, 4) is 11.4 Å². The van der Waals surface area contributed by atoms with Crippen molar-refractivity contribution in [1.29, 1.82) is 0 Å². The molecule has 6 nitrogen and oxygen atoms in total. The number of nitrogens with one attached hydrogen (secondary N) is 2. The van der Waals surface area contributed by atoms with Crippen LogP contribution >= 0.6 is 11.5 Å². The average Bonchev–Trinajstić information content (AvgIpc) is 3.33. The molecule has 2 aromatic heterocycles. The number of H-pyrrole nitrogens is 1. The van der Waals surface area contributed by atoms with Crippen LogP contribution in [0.3, 0.4) is 0 Å². The number of nitrogens with zero attached hydrogens (tertiary/aromatic N) is 3. The number of imidazole rings is 1. The zero-order valence-corrected chi connectivity index (χ0v) is 14.1. The van der Waals surface area contributed by atoms with Gasteiger partial charge in [-0.2, -0.15) is 4.37 Å². The molecule has 1 saturated heterocycles. The molecule has 0 radical (unpaired) electrons. The summed E-state index contributed by atoms with van der Waals surface area (Å²) in [6.07, 6.45) is 5.63. The number of anilines is 1. The van der Waals surface area contributed by atoms with Crippen molar-refractivity contribution in [2.24, 2.45) is 0 Å². The van der Waals surface area contributed by atoms with Gasteiger partial charge in [0.1, 0.15) is 11.6 Å². The Balaban J connectivity index is 1.45. The number of rotatable bonds is 5. The zero-order valence-electron chi connectivity index (χ0n) is 13.2. The fourth-order valence-electron chi connectivity index (χ4n) is 2.92. The molecule has 0 aliphatic carbocycles. The molecule has 24 heavy (non-hydrogen) atoms. The van der Waals surface area contributed by atoms with E-state index in [-0.39, 0.29) is 0 Å². The first-order valence-electron chi connectivity index (χ1n) is 8.13. The molecule has 7 heteroatoms. The molecule has 124 valence electrons. The van der Waals surface area contributed by atoms with E-state index in [9.17, 15) is 0 Å². The van der Waals surface area contributed by atoms with E-state index in [0.717, 1.165) is 48.4 Å². The maximum absolute atomic E-state index is 5.41. The van der Waals surface area contributed by atoms with Crippen molar-refractivity contribution < 1.29 is 4.74 Å². The molecule has 0 saturated carbocycles. The van der Waals surface area contributed by atoms with Gasteiger partial charge in [-0.1, -0.05) is 24.3 Å². The third-order valence-corrected chi connectivity index (χ3v) is 4.92. The van der Waals surface area contributed by atoms with Gasteiger partial charge in [0.2, 0.25) is 5.13 Å². The molecule has 0 atom stereocenters. The Morgan fingerprint density at radius 3 is 2.96 bits per heavy atom. The second kappa shape index (κ2) is 7.11. The summed E-state index contributed by atoms with van der Waals surface area (Å²) < 4.78 is 9.92. The Bertz CT molecular complexity index is 780. The van der Waals surface area contributed by atoms with E-state index in [1.54, 1.807) is 6.20 Å². The number of aromatic nitrogens is 4. The summed E-state index contributed by atoms with van der Waals surface area (Å²) in [4.78, 5) is 12.2. The van der Waals surface area contributed by atoms with Crippen LogP contribution in [-0.4, -0.2) is 32.5 Å². The van der Waals surface area contributed by atoms with Crippen LogP contribution in [0.25, 0.3) is 11.4 Å². The Morgan fingerprint density at radius 2 is 2.12 bits per heavy atom. The third-order valence-electron chi connectivity index (χ3n) is 4.23. The van der Waals surface area contributed by atoms with Gasteiger partial charge in [-0.25, -0.2) is 9.97 Å².